The van der Waals surface area contributed by atoms with Crippen LogP contribution in [0.1, 0.15) is 43.0 Å². The molecule has 0 aromatic carbocycles. The van der Waals surface area contributed by atoms with Crippen molar-refractivity contribution in [3.05, 3.63) is 34.2 Å². The minimum atomic E-state index is -0.159. The summed E-state index contributed by atoms with van der Waals surface area (Å²) in [7, 11) is 2.18. The highest BCUT2D eigenvalue weighted by Crippen LogP contribution is 2.46. The molecule has 0 N–H and O–H groups in total. The van der Waals surface area contributed by atoms with Gasteiger partial charge in [0, 0.05) is 25.3 Å². The first-order chi connectivity index (χ1) is 10.1. The molecule has 0 bridgehead atoms. The van der Waals surface area contributed by atoms with Gasteiger partial charge in [-0.15, -0.1) is 0 Å². The van der Waals surface area contributed by atoms with Crippen molar-refractivity contribution >= 4 is 5.78 Å². The Bertz CT molecular complexity index is 573. The van der Waals surface area contributed by atoms with Crippen molar-refractivity contribution in [3.63, 3.8) is 0 Å². The minimum absolute atomic E-state index is 0.156. The molecule has 114 valence electrons. The summed E-state index contributed by atoms with van der Waals surface area (Å²) in [6.45, 7) is 2.98. The zero-order valence-electron chi connectivity index (χ0n) is 12.9. The molecule has 0 saturated heterocycles. The molecule has 1 heterocycles. The van der Waals surface area contributed by atoms with Crippen LogP contribution in [-0.2, 0) is 6.54 Å². The van der Waals surface area contributed by atoms with E-state index in [1.807, 2.05) is 0 Å². The van der Waals surface area contributed by atoms with Crippen LogP contribution in [0.4, 0.5) is 0 Å². The number of carbonyl (C=O) groups excluding carboxylic acids is 1. The van der Waals surface area contributed by atoms with E-state index in [1.165, 1.54) is 32.6 Å². The number of Topliss-reactive ketones (excluding diaryl/α,β-unsaturated/α-hetero) is 1. The normalized spacial score (nSPS) is 18.5. The lowest BCUT2D eigenvalue weighted by atomic mass is 10.1. The first-order valence-electron chi connectivity index (χ1n) is 7.98. The van der Waals surface area contributed by atoms with E-state index >= 15 is 0 Å². The lowest BCUT2D eigenvalue weighted by Gasteiger charge is -2.28. The average Bonchev–Trinajstić information content (AvgIpc) is 3.32. The van der Waals surface area contributed by atoms with Crippen molar-refractivity contribution in [3.8, 4) is 0 Å². The van der Waals surface area contributed by atoms with Gasteiger partial charge in [0.25, 0.3) is 5.56 Å². The molecule has 0 spiro atoms. The smallest absolute Gasteiger partial charge is 0.261 e. The van der Waals surface area contributed by atoms with Crippen molar-refractivity contribution in [1.29, 1.82) is 0 Å². The predicted molar refractivity (Wildman–Crippen MR) is 82.6 cm³/mol. The zero-order chi connectivity index (χ0) is 15.0. The van der Waals surface area contributed by atoms with Crippen molar-refractivity contribution < 1.29 is 4.79 Å². The van der Waals surface area contributed by atoms with Crippen LogP contribution < -0.4 is 5.56 Å². The molecule has 3 rings (SSSR count). The predicted octanol–water partition coefficient (Wildman–Crippen LogP) is 2.17. The lowest BCUT2D eigenvalue weighted by Crippen LogP contribution is -2.39. The highest BCUT2D eigenvalue weighted by atomic mass is 16.1. The Balaban J connectivity index is 1.65. The lowest BCUT2D eigenvalue weighted by molar-refractivity contribution is 0.101. The van der Waals surface area contributed by atoms with Gasteiger partial charge in [0.2, 0.25) is 0 Å². The van der Waals surface area contributed by atoms with Crippen LogP contribution in [0.2, 0.25) is 0 Å². The number of nitrogens with zero attached hydrogens (tertiary/aromatic N) is 2. The molecule has 0 unspecified atom stereocenters. The summed E-state index contributed by atoms with van der Waals surface area (Å²) in [6, 6.07) is 4.11. The summed E-state index contributed by atoms with van der Waals surface area (Å²) in [5, 5.41) is 0. The summed E-state index contributed by atoms with van der Waals surface area (Å²) in [6.07, 6.45) is 7.25. The third kappa shape index (κ3) is 3.26. The maximum Gasteiger partial charge on any atom is 0.261 e. The van der Waals surface area contributed by atoms with Crippen molar-refractivity contribution in [2.24, 2.45) is 11.8 Å². The number of ketones is 1. The molecule has 0 radical (unpaired) electrons. The number of hydrogen-bond acceptors (Lipinski definition) is 3. The first kappa shape index (κ1) is 14.5. The van der Waals surface area contributed by atoms with Gasteiger partial charge in [0.1, 0.15) is 0 Å². The quantitative estimate of drug-likeness (QED) is 0.722. The van der Waals surface area contributed by atoms with Crippen LogP contribution >= 0.6 is 0 Å². The maximum absolute atomic E-state index is 12.2. The molecule has 4 heteroatoms. The van der Waals surface area contributed by atoms with Gasteiger partial charge in [-0.1, -0.05) is 0 Å². The molecule has 2 saturated carbocycles. The van der Waals surface area contributed by atoms with E-state index < -0.39 is 0 Å². The van der Waals surface area contributed by atoms with Gasteiger partial charge < -0.3 is 9.47 Å². The zero-order valence-corrected chi connectivity index (χ0v) is 12.9. The molecule has 21 heavy (non-hydrogen) atoms. The highest BCUT2D eigenvalue weighted by molar-refractivity contribution is 5.93. The largest absolute Gasteiger partial charge is 0.314 e. The van der Waals surface area contributed by atoms with Crippen molar-refractivity contribution in [2.45, 2.75) is 45.2 Å². The third-order valence-corrected chi connectivity index (χ3v) is 4.81. The standard InChI is InChI=1S/C17H24N2O2/c1-12(20)15-4-3-9-19(17(15)21)11-10-18(2)16(13-5-6-13)14-7-8-14/h3-4,9,13-14,16H,5-8,10-11H2,1-2H3. The van der Waals surface area contributed by atoms with Gasteiger partial charge >= 0.3 is 0 Å². The molecule has 2 fully saturated rings. The molecule has 1 aromatic heterocycles. The van der Waals surface area contributed by atoms with E-state index in [9.17, 15) is 9.59 Å². The topological polar surface area (TPSA) is 42.3 Å². The third-order valence-electron chi connectivity index (χ3n) is 4.81. The van der Waals surface area contributed by atoms with Crippen LogP contribution in [0.5, 0.6) is 0 Å². The Kier molecular flexibility index (Phi) is 3.98. The summed E-state index contributed by atoms with van der Waals surface area (Å²) in [5.74, 6) is 1.60. The fourth-order valence-corrected chi connectivity index (χ4v) is 3.38. The summed E-state index contributed by atoms with van der Waals surface area (Å²) < 4.78 is 1.67. The average molecular weight is 288 g/mol. The van der Waals surface area contributed by atoms with Crippen LogP contribution in [0.25, 0.3) is 0 Å². The van der Waals surface area contributed by atoms with Gasteiger partial charge in [-0.25, -0.2) is 0 Å². The van der Waals surface area contributed by atoms with E-state index in [-0.39, 0.29) is 11.3 Å². The fourth-order valence-electron chi connectivity index (χ4n) is 3.38. The summed E-state index contributed by atoms with van der Waals surface area (Å²) >= 11 is 0. The van der Waals surface area contributed by atoms with Crippen molar-refractivity contribution in [2.75, 3.05) is 13.6 Å². The van der Waals surface area contributed by atoms with E-state index in [4.69, 9.17) is 0 Å². The Morgan fingerprint density at radius 1 is 1.33 bits per heavy atom. The second kappa shape index (κ2) is 5.76. The first-order valence-corrected chi connectivity index (χ1v) is 7.98. The van der Waals surface area contributed by atoms with E-state index in [1.54, 1.807) is 22.9 Å². The van der Waals surface area contributed by atoms with Gasteiger partial charge in [0.15, 0.2) is 5.78 Å². The number of rotatable bonds is 7. The van der Waals surface area contributed by atoms with Gasteiger partial charge in [-0.2, -0.15) is 0 Å². The highest BCUT2D eigenvalue weighted by Gasteiger charge is 2.43. The number of aromatic nitrogens is 1. The van der Waals surface area contributed by atoms with Crippen LogP contribution in [0.15, 0.2) is 23.1 Å². The number of carbonyl (C=O) groups is 1. The number of hydrogen-bond donors (Lipinski definition) is 0. The monoisotopic (exact) mass is 288 g/mol. The minimum Gasteiger partial charge on any atom is -0.314 e. The second-order valence-corrected chi connectivity index (χ2v) is 6.62. The second-order valence-electron chi connectivity index (χ2n) is 6.62. The van der Waals surface area contributed by atoms with Crippen LogP contribution in [0.3, 0.4) is 0 Å². The van der Waals surface area contributed by atoms with Crippen LogP contribution in [-0.4, -0.2) is 34.9 Å². The van der Waals surface area contributed by atoms with E-state index in [0.717, 1.165) is 18.4 Å². The molecule has 4 nitrogen and oxygen atoms in total. The molecule has 0 aliphatic heterocycles. The van der Waals surface area contributed by atoms with Crippen LogP contribution in [0, 0.1) is 11.8 Å². The molecule has 2 aliphatic carbocycles. The molecule has 0 atom stereocenters. The Labute approximate surface area is 125 Å². The maximum atomic E-state index is 12.2. The van der Waals surface area contributed by atoms with Gasteiger partial charge in [-0.05, 0) is 63.6 Å². The Morgan fingerprint density at radius 2 is 1.95 bits per heavy atom. The molecular formula is C17H24N2O2. The molecular weight excluding hydrogens is 264 g/mol. The SMILES string of the molecule is CC(=O)c1cccn(CCN(C)C(C2CC2)C2CC2)c1=O. The van der Waals surface area contributed by atoms with E-state index in [0.29, 0.717) is 18.2 Å². The number of likely N-dealkylation sites (N-methyl/N-ethyl adjacent to an activating group) is 1. The molecule has 2 aliphatic rings. The summed E-state index contributed by atoms with van der Waals surface area (Å²) in [5.41, 5.74) is 0.133. The fraction of sp³-hybridized carbons (Fsp3) is 0.647. The Morgan fingerprint density at radius 3 is 2.48 bits per heavy atom. The molecule has 0 amide bonds. The van der Waals surface area contributed by atoms with Crippen molar-refractivity contribution in [1.82, 2.24) is 9.47 Å². The number of pyridine rings is 1. The van der Waals surface area contributed by atoms with Gasteiger partial charge in [0.05, 0.1) is 5.56 Å². The summed E-state index contributed by atoms with van der Waals surface area (Å²) in [4.78, 5) is 26.1. The Hall–Kier alpha value is -1.42. The van der Waals surface area contributed by atoms with E-state index in [2.05, 4.69) is 11.9 Å². The van der Waals surface area contributed by atoms with Gasteiger partial charge in [-0.3, -0.25) is 9.59 Å². The molecule has 1 aromatic rings.